The first kappa shape index (κ1) is 17.6. The van der Waals surface area contributed by atoms with Gasteiger partial charge in [-0.05, 0) is 19.2 Å². The van der Waals surface area contributed by atoms with Crippen molar-refractivity contribution < 1.29 is 9.47 Å². The smallest absolute Gasteiger partial charge is 0.162 e. The number of ether oxygens (including phenoxy) is 2. The second-order valence-corrected chi connectivity index (χ2v) is 4.69. The number of fused-ring (bicyclic) bond motifs is 1. The number of halogens is 1. The first-order valence-electron chi connectivity index (χ1n) is 7.03. The van der Waals surface area contributed by atoms with Crippen LogP contribution in [0.25, 0.3) is 10.9 Å². The van der Waals surface area contributed by atoms with Gasteiger partial charge in [0.05, 0.1) is 26.3 Å². The van der Waals surface area contributed by atoms with Crippen molar-refractivity contribution >= 4 is 23.3 Å². The van der Waals surface area contributed by atoms with E-state index in [1.54, 1.807) is 14.2 Å². The third kappa shape index (κ3) is 4.02. The number of methoxy groups -OCH3 is 2. The van der Waals surface area contributed by atoms with Crippen LogP contribution in [-0.4, -0.2) is 48.5 Å². The van der Waals surface area contributed by atoms with Crippen molar-refractivity contribution in [3.05, 3.63) is 18.3 Å². The average Bonchev–Trinajstić information content (AvgIpc) is 2.88. The van der Waals surface area contributed by atoms with E-state index in [1.165, 1.54) is 0 Å². The van der Waals surface area contributed by atoms with Gasteiger partial charge in [0.1, 0.15) is 0 Å². The normalized spacial score (nSPS) is 10.7. The monoisotopic (exact) mass is 313 g/mol. The summed E-state index contributed by atoms with van der Waals surface area (Å²) in [6.45, 7) is 8.39. The molecule has 1 aromatic carbocycles. The highest BCUT2D eigenvalue weighted by atomic mass is 35.5. The van der Waals surface area contributed by atoms with Gasteiger partial charge in [-0.25, -0.2) is 0 Å². The van der Waals surface area contributed by atoms with E-state index in [2.05, 4.69) is 30.0 Å². The summed E-state index contributed by atoms with van der Waals surface area (Å²) in [6, 6.07) is 3.89. The molecule has 21 heavy (non-hydrogen) atoms. The minimum Gasteiger partial charge on any atom is -0.493 e. The van der Waals surface area contributed by atoms with Gasteiger partial charge < -0.3 is 14.4 Å². The zero-order valence-electron chi connectivity index (χ0n) is 13.1. The van der Waals surface area contributed by atoms with E-state index < -0.39 is 0 Å². The second-order valence-electron chi connectivity index (χ2n) is 4.69. The molecule has 2 rings (SSSR count). The standard InChI is InChI=1S/C15H23N3O2.ClH/c1-5-17(6-2)7-8-18-11-12-9-14(19-3)15(20-4)10-13(12)16-18;/h9-11H,5-8H2,1-4H3;1H. The molecule has 0 N–H and O–H groups in total. The highest BCUT2D eigenvalue weighted by Crippen LogP contribution is 2.31. The van der Waals surface area contributed by atoms with Gasteiger partial charge in [-0.15, -0.1) is 12.4 Å². The Morgan fingerprint density at radius 3 is 2.29 bits per heavy atom. The molecule has 0 spiro atoms. The van der Waals surface area contributed by atoms with Crippen LogP contribution in [0.5, 0.6) is 11.5 Å². The number of rotatable bonds is 7. The SMILES string of the molecule is CCN(CC)CCn1cc2cc(OC)c(OC)cc2n1.Cl. The fourth-order valence-corrected chi connectivity index (χ4v) is 2.30. The summed E-state index contributed by atoms with van der Waals surface area (Å²) in [5.41, 5.74) is 0.933. The van der Waals surface area contributed by atoms with Gasteiger partial charge in [-0.2, -0.15) is 5.10 Å². The predicted octanol–water partition coefficient (Wildman–Crippen LogP) is 2.82. The van der Waals surface area contributed by atoms with Gasteiger partial charge in [0, 0.05) is 24.2 Å². The van der Waals surface area contributed by atoms with Gasteiger partial charge in [0.2, 0.25) is 0 Å². The number of hydrogen-bond acceptors (Lipinski definition) is 4. The van der Waals surface area contributed by atoms with Gasteiger partial charge in [0.25, 0.3) is 0 Å². The molecular weight excluding hydrogens is 290 g/mol. The highest BCUT2D eigenvalue weighted by Gasteiger charge is 2.09. The van der Waals surface area contributed by atoms with Crippen molar-refractivity contribution in [3.63, 3.8) is 0 Å². The van der Waals surface area contributed by atoms with Gasteiger partial charge in [-0.3, -0.25) is 4.68 Å². The van der Waals surface area contributed by atoms with Crippen LogP contribution in [0.3, 0.4) is 0 Å². The molecule has 0 amide bonds. The molecule has 118 valence electrons. The van der Waals surface area contributed by atoms with Gasteiger partial charge in [-0.1, -0.05) is 13.8 Å². The largest absolute Gasteiger partial charge is 0.493 e. The molecule has 0 saturated heterocycles. The Morgan fingerprint density at radius 1 is 1.10 bits per heavy atom. The molecule has 6 heteroatoms. The molecule has 0 aliphatic rings. The van der Waals surface area contributed by atoms with Crippen LogP contribution in [0.1, 0.15) is 13.8 Å². The van der Waals surface area contributed by atoms with Crippen LogP contribution >= 0.6 is 12.4 Å². The quantitative estimate of drug-likeness (QED) is 0.788. The van der Waals surface area contributed by atoms with Crippen LogP contribution in [-0.2, 0) is 6.54 Å². The molecule has 5 nitrogen and oxygen atoms in total. The molecule has 1 aromatic heterocycles. The van der Waals surface area contributed by atoms with Crippen molar-refractivity contribution in [1.82, 2.24) is 14.7 Å². The summed E-state index contributed by atoms with van der Waals surface area (Å²) in [7, 11) is 3.29. The van der Waals surface area contributed by atoms with Crippen molar-refractivity contribution in [2.45, 2.75) is 20.4 Å². The Morgan fingerprint density at radius 2 is 1.71 bits per heavy atom. The van der Waals surface area contributed by atoms with E-state index in [9.17, 15) is 0 Å². The van der Waals surface area contributed by atoms with Crippen molar-refractivity contribution in [2.24, 2.45) is 0 Å². The molecule has 0 aliphatic carbocycles. The fourth-order valence-electron chi connectivity index (χ4n) is 2.30. The number of hydrogen-bond donors (Lipinski definition) is 0. The van der Waals surface area contributed by atoms with Crippen LogP contribution in [0, 0.1) is 0 Å². The first-order valence-corrected chi connectivity index (χ1v) is 7.03. The van der Waals surface area contributed by atoms with E-state index in [4.69, 9.17) is 9.47 Å². The molecule has 0 radical (unpaired) electrons. The van der Waals surface area contributed by atoms with E-state index in [0.29, 0.717) is 5.75 Å². The van der Waals surface area contributed by atoms with E-state index in [0.717, 1.165) is 42.8 Å². The molecule has 2 aromatic rings. The van der Waals surface area contributed by atoms with Crippen molar-refractivity contribution in [3.8, 4) is 11.5 Å². The lowest BCUT2D eigenvalue weighted by molar-refractivity contribution is 0.285. The third-order valence-corrected chi connectivity index (χ3v) is 3.60. The van der Waals surface area contributed by atoms with E-state index >= 15 is 0 Å². The Kier molecular flexibility index (Phi) is 6.78. The maximum atomic E-state index is 5.32. The molecule has 0 saturated carbocycles. The number of nitrogens with zero attached hydrogens (tertiary/aromatic N) is 3. The Bertz CT molecular complexity index is 526. The van der Waals surface area contributed by atoms with Crippen molar-refractivity contribution in [2.75, 3.05) is 33.9 Å². The van der Waals surface area contributed by atoms with Gasteiger partial charge in [0.15, 0.2) is 11.5 Å². The minimum atomic E-state index is 0. The average molecular weight is 314 g/mol. The Hall–Kier alpha value is -1.46. The van der Waals surface area contributed by atoms with E-state index in [-0.39, 0.29) is 12.4 Å². The maximum Gasteiger partial charge on any atom is 0.162 e. The summed E-state index contributed by atoms with van der Waals surface area (Å²) < 4.78 is 12.6. The summed E-state index contributed by atoms with van der Waals surface area (Å²) in [6.07, 6.45) is 2.06. The van der Waals surface area contributed by atoms with Crippen LogP contribution < -0.4 is 9.47 Å². The summed E-state index contributed by atoms with van der Waals surface area (Å²) in [4.78, 5) is 2.38. The second kappa shape index (κ2) is 8.10. The predicted molar refractivity (Wildman–Crippen MR) is 87.9 cm³/mol. The molecule has 0 fully saturated rings. The minimum absolute atomic E-state index is 0. The van der Waals surface area contributed by atoms with E-state index in [1.807, 2.05) is 16.8 Å². The fraction of sp³-hybridized carbons (Fsp3) is 0.533. The lowest BCUT2D eigenvalue weighted by atomic mass is 10.2. The number of benzene rings is 1. The van der Waals surface area contributed by atoms with Crippen molar-refractivity contribution in [1.29, 1.82) is 0 Å². The Labute approximate surface area is 132 Å². The molecular formula is C15H24ClN3O2. The lowest BCUT2D eigenvalue weighted by Crippen LogP contribution is -2.27. The number of aromatic nitrogens is 2. The zero-order valence-corrected chi connectivity index (χ0v) is 13.9. The van der Waals surface area contributed by atoms with Crippen LogP contribution in [0.2, 0.25) is 0 Å². The molecule has 0 aliphatic heterocycles. The third-order valence-electron chi connectivity index (χ3n) is 3.60. The number of likely N-dealkylation sites (N-methyl/N-ethyl adjacent to an activating group) is 1. The maximum absolute atomic E-state index is 5.32. The highest BCUT2D eigenvalue weighted by molar-refractivity contribution is 5.85. The molecule has 0 bridgehead atoms. The van der Waals surface area contributed by atoms with Gasteiger partial charge >= 0.3 is 0 Å². The molecule has 0 unspecified atom stereocenters. The van der Waals surface area contributed by atoms with Crippen LogP contribution in [0.4, 0.5) is 0 Å². The Balaban J connectivity index is 0.00000220. The molecule has 0 atom stereocenters. The topological polar surface area (TPSA) is 39.5 Å². The summed E-state index contributed by atoms with van der Waals surface area (Å²) in [5.74, 6) is 1.46. The summed E-state index contributed by atoms with van der Waals surface area (Å²) >= 11 is 0. The van der Waals surface area contributed by atoms with Crippen LogP contribution in [0.15, 0.2) is 18.3 Å². The molecule has 1 heterocycles. The first-order chi connectivity index (χ1) is 9.71. The zero-order chi connectivity index (χ0) is 14.5. The summed E-state index contributed by atoms with van der Waals surface area (Å²) in [5, 5.41) is 5.66. The lowest BCUT2D eigenvalue weighted by Gasteiger charge is -2.17.